The number of piperazine rings is 1. The number of hydrogen-bond donors (Lipinski definition) is 1. The van der Waals surface area contributed by atoms with Gasteiger partial charge in [0, 0.05) is 42.0 Å². The van der Waals surface area contributed by atoms with Gasteiger partial charge in [-0.05, 0) is 42.5 Å². The Kier molecular flexibility index (Phi) is 3.50. The van der Waals surface area contributed by atoms with E-state index in [2.05, 4.69) is 78.2 Å². The molecule has 22 heavy (non-hydrogen) atoms. The predicted molar refractivity (Wildman–Crippen MR) is 94.7 cm³/mol. The number of rotatable bonds is 2. The first kappa shape index (κ1) is 13.6. The van der Waals surface area contributed by atoms with E-state index in [1.54, 1.807) is 6.33 Å². The number of hydrogen-bond acceptors (Lipinski definition) is 3. The van der Waals surface area contributed by atoms with E-state index in [0.29, 0.717) is 0 Å². The van der Waals surface area contributed by atoms with E-state index in [0.717, 1.165) is 41.7 Å². The van der Waals surface area contributed by atoms with Gasteiger partial charge < -0.3 is 14.8 Å². The summed E-state index contributed by atoms with van der Waals surface area (Å²) in [4.78, 5) is 12.3. The largest absolute Gasteiger partial charge is 0.368 e. The van der Waals surface area contributed by atoms with Gasteiger partial charge >= 0.3 is 0 Å². The number of aromatic nitrogens is 2. The number of nitrogens with zero attached hydrogens (tertiary/aromatic N) is 3. The zero-order valence-corrected chi connectivity index (χ0v) is 13.8. The Hall–Kier alpha value is -2.01. The van der Waals surface area contributed by atoms with Gasteiger partial charge in [0.05, 0.1) is 17.4 Å². The highest BCUT2D eigenvalue weighted by Crippen LogP contribution is 2.24. The van der Waals surface area contributed by atoms with Gasteiger partial charge in [-0.2, -0.15) is 0 Å². The lowest BCUT2D eigenvalue weighted by Crippen LogP contribution is -2.46. The van der Waals surface area contributed by atoms with Crippen LogP contribution in [0, 0.1) is 0 Å². The molecule has 4 nitrogen and oxygen atoms in total. The van der Waals surface area contributed by atoms with Crippen LogP contribution in [0.1, 0.15) is 0 Å². The molecular weight excluding hydrogens is 340 g/mol. The molecule has 0 aliphatic carbocycles. The van der Waals surface area contributed by atoms with Crippen LogP contribution >= 0.6 is 15.9 Å². The van der Waals surface area contributed by atoms with Crippen LogP contribution in [0.25, 0.3) is 11.0 Å². The number of benzene rings is 2. The lowest BCUT2D eigenvalue weighted by atomic mass is 10.2. The van der Waals surface area contributed by atoms with Gasteiger partial charge in [0.2, 0.25) is 0 Å². The lowest BCUT2D eigenvalue weighted by Gasteiger charge is -2.37. The standard InChI is InChI=1S/C17H17BrN4/c18-13-1-3-14(4-2-13)21-7-9-22(10-8-21)15-5-6-16-17(11-15)20-12-19-16/h1-6,11-12H,7-10H2,(H,19,20). The molecule has 2 aromatic carbocycles. The molecule has 1 saturated heterocycles. The van der Waals surface area contributed by atoms with Crippen molar-refractivity contribution < 1.29 is 0 Å². The topological polar surface area (TPSA) is 35.2 Å². The van der Waals surface area contributed by atoms with Crippen molar-refractivity contribution in [1.29, 1.82) is 0 Å². The van der Waals surface area contributed by atoms with Gasteiger partial charge in [-0.1, -0.05) is 15.9 Å². The minimum Gasteiger partial charge on any atom is -0.368 e. The van der Waals surface area contributed by atoms with Gasteiger partial charge in [0.25, 0.3) is 0 Å². The van der Waals surface area contributed by atoms with Gasteiger partial charge in [-0.3, -0.25) is 0 Å². The Labute approximate surface area is 137 Å². The van der Waals surface area contributed by atoms with Crippen molar-refractivity contribution in [1.82, 2.24) is 9.97 Å². The average molecular weight is 357 g/mol. The summed E-state index contributed by atoms with van der Waals surface area (Å²) in [5.74, 6) is 0. The van der Waals surface area contributed by atoms with E-state index >= 15 is 0 Å². The zero-order valence-electron chi connectivity index (χ0n) is 12.2. The minimum absolute atomic E-state index is 1.03. The molecule has 0 spiro atoms. The van der Waals surface area contributed by atoms with Crippen LogP contribution in [-0.2, 0) is 0 Å². The van der Waals surface area contributed by atoms with Crippen molar-refractivity contribution in [3.05, 3.63) is 53.3 Å². The molecule has 0 unspecified atom stereocenters. The number of H-pyrrole nitrogens is 1. The second-order valence-corrected chi connectivity index (χ2v) is 6.47. The molecule has 112 valence electrons. The summed E-state index contributed by atoms with van der Waals surface area (Å²) < 4.78 is 1.13. The van der Waals surface area contributed by atoms with Crippen LogP contribution in [0.2, 0.25) is 0 Å². The monoisotopic (exact) mass is 356 g/mol. The first-order chi connectivity index (χ1) is 10.8. The molecule has 4 rings (SSSR count). The molecule has 0 radical (unpaired) electrons. The van der Waals surface area contributed by atoms with Gasteiger partial charge in [0.15, 0.2) is 0 Å². The van der Waals surface area contributed by atoms with Crippen molar-refractivity contribution in [3.8, 4) is 0 Å². The van der Waals surface area contributed by atoms with E-state index in [4.69, 9.17) is 0 Å². The fourth-order valence-electron chi connectivity index (χ4n) is 3.00. The molecule has 1 aromatic heterocycles. The highest BCUT2D eigenvalue weighted by atomic mass is 79.9. The number of aromatic amines is 1. The fourth-order valence-corrected chi connectivity index (χ4v) is 3.26. The van der Waals surface area contributed by atoms with Crippen molar-refractivity contribution >= 4 is 38.3 Å². The van der Waals surface area contributed by atoms with E-state index in [1.807, 2.05) is 0 Å². The molecule has 0 bridgehead atoms. The summed E-state index contributed by atoms with van der Waals surface area (Å²) in [5, 5.41) is 0. The van der Waals surface area contributed by atoms with Crippen LogP contribution < -0.4 is 9.80 Å². The van der Waals surface area contributed by atoms with E-state index in [9.17, 15) is 0 Å². The first-order valence-corrected chi connectivity index (χ1v) is 8.27. The second-order valence-electron chi connectivity index (χ2n) is 5.55. The summed E-state index contributed by atoms with van der Waals surface area (Å²) in [7, 11) is 0. The highest BCUT2D eigenvalue weighted by molar-refractivity contribution is 9.10. The smallest absolute Gasteiger partial charge is 0.0931 e. The quantitative estimate of drug-likeness (QED) is 0.760. The Balaban J connectivity index is 1.47. The number of nitrogens with one attached hydrogen (secondary N) is 1. The maximum absolute atomic E-state index is 4.28. The lowest BCUT2D eigenvalue weighted by molar-refractivity contribution is 0.654. The Morgan fingerprint density at radius 1 is 0.864 bits per heavy atom. The SMILES string of the molecule is Brc1ccc(N2CCN(c3ccc4nc[nH]c4c3)CC2)cc1. The second kappa shape index (κ2) is 5.65. The fraction of sp³-hybridized carbons (Fsp3) is 0.235. The predicted octanol–water partition coefficient (Wildman–Crippen LogP) is 3.65. The molecule has 0 amide bonds. The van der Waals surface area contributed by atoms with Crippen molar-refractivity contribution in [2.24, 2.45) is 0 Å². The molecule has 1 aliphatic rings. The summed E-state index contributed by atoms with van der Waals surface area (Å²) in [5.41, 5.74) is 4.70. The molecule has 5 heteroatoms. The van der Waals surface area contributed by atoms with Crippen LogP contribution in [-0.4, -0.2) is 36.1 Å². The Morgan fingerprint density at radius 3 is 2.23 bits per heavy atom. The molecule has 3 aromatic rings. The summed E-state index contributed by atoms with van der Waals surface area (Å²) >= 11 is 3.49. The van der Waals surface area contributed by atoms with E-state index in [1.165, 1.54) is 11.4 Å². The Bertz CT molecular complexity index is 773. The van der Waals surface area contributed by atoms with Crippen molar-refractivity contribution in [2.75, 3.05) is 36.0 Å². The third-order valence-electron chi connectivity index (χ3n) is 4.24. The molecule has 1 fully saturated rings. The molecule has 1 N–H and O–H groups in total. The summed E-state index contributed by atoms with van der Waals surface area (Å²) in [6, 6.07) is 15.0. The van der Waals surface area contributed by atoms with Crippen LogP contribution in [0.5, 0.6) is 0 Å². The maximum Gasteiger partial charge on any atom is 0.0931 e. The average Bonchev–Trinajstić information content (AvgIpc) is 3.03. The molecule has 0 saturated carbocycles. The van der Waals surface area contributed by atoms with Gasteiger partial charge in [0.1, 0.15) is 0 Å². The molecular formula is C17H17BrN4. The Morgan fingerprint density at radius 2 is 1.50 bits per heavy atom. The first-order valence-electron chi connectivity index (χ1n) is 7.48. The number of fused-ring (bicyclic) bond motifs is 1. The number of imidazole rings is 1. The molecule has 1 aliphatic heterocycles. The van der Waals surface area contributed by atoms with E-state index < -0.39 is 0 Å². The van der Waals surface area contributed by atoms with Crippen LogP contribution in [0.3, 0.4) is 0 Å². The maximum atomic E-state index is 4.28. The molecule has 0 atom stereocenters. The van der Waals surface area contributed by atoms with Gasteiger partial charge in [-0.25, -0.2) is 4.98 Å². The van der Waals surface area contributed by atoms with Gasteiger partial charge in [-0.15, -0.1) is 0 Å². The normalized spacial score (nSPS) is 15.5. The zero-order chi connectivity index (χ0) is 14.9. The van der Waals surface area contributed by atoms with E-state index in [-0.39, 0.29) is 0 Å². The van der Waals surface area contributed by atoms with Crippen LogP contribution in [0.4, 0.5) is 11.4 Å². The van der Waals surface area contributed by atoms with Crippen molar-refractivity contribution in [3.63, 3.8) is 0 Å². The summed E-state index contributed by atoms with van der Waals surface area (Å²) in [6.45, 7) is 4.16. The minimum atomic E-state index is 1.03. The van der Waals surface area contributed by atoms with Crippen molar-refractivity contribution in [2.45, 2.75) is 0 Å². The third-order valence-corrected chi connectivity index (χ3v) is 4.77. The third kappa shape index (κ3) is 2.57. The number of anilines is 2. The molecule has 2 heterocycles. The highest BCUT2D eigenvalue weighted by Gasteiger charge is 2.17. The summed E-state index contributed by atoms with van der Waals surface area (Å²) in [6.07, 6.45) is 1.75. The number of halogens is 1. The van der Waals surface area contributed by atoms with Crippen LogP contribution in [0.15, 0.2) is 53.3 Å².